The van der Waals surface area contributed by atoms with E-state index in [9.17, 15) is 14.7 Å². The lowest BCUT2D eigenvalue weighted by Crippen LogP contribution is -2.24. The van der Waals surface area contributed by atoms with Crippen molar-refractivity contribution in [2.45, 2.75) is 12.3 Å². The Morgan fingerprint density at radius 3 is 1.73 bits per heavy atom. The van der Waals surface area contributed by atoms with Gasteiger partial charge in [0.25, 0.3) is 0 Å². The highest BCUT2D eigenvalue weighted by Crippen LogP contribution is 2.26. The number of aliphatic carboxylic acids is 1. The smallest absolute Gasteiger partial charge is 0.236 e. The summed E-state index contributed by atoms with van der Waals surface area (Å²) >= 11 is 0. The topological polar surface area (TPSA) is 69.2 Å². The number of hydrogen-bond donors (Lipinski definition) is 1. The number of anilines is 1. The van der Waals surface area contributed by atoms with Crippen molar-refractivity contribution in [2.75, 3.05) is 5.32 Å². The van der Waals surface area contributed by atoms with Crippen molar-refractivity contribution < 1.29 is 14.7 Å². The van der Waals surface area contributed by atoms with E-state index in [1.54, 1.807) is 24.3 Å². The molecule has 0 aliphatic rings. The summed E-state index contributed by atoms with van der Waals surface area (Å²) in [6, 6.07) is 25.9. The molecule has 0 spiro atoms. The average Bonchev–Trinajstić information content (AvgIpc) is 2.65. The van der Waals surface area contributed by atoms with Crippen LogP contribution in [-0.2, 0) is 16.0 Å². The molecule has 0 bridgehead atoms. The van der Waals surface area contributed by atoms with E-state index >= 15 is 0 Å². The van der Waals surface area contributed by atoms with Gasteiger partial charge in [0, 0.05) is 18.1 Å². The van der Waals surface area contributed by atoms with Gasteiger partial charge in [-0.3, -0.25) is 4.79 Å². The minimum absolute atomic E-state index is 0.143. The Hall–Kier alpha value is -3.40. The number of carboxylic acids is 1. The maximum atomic E-state index is 13.0. The van der Waals surface area contributed by atoms with E-state index in [1.165, 1.54) is 0 Å². The molecule has 4 nitrogen and oxygen atoms in total. The summed E-state index contributed by atoms with van der Waals surface area (Å²) < 4.78 is 0. The van der Waals surface area contributed by atoms with E-state index < -0.39 is 11.9 Å². The highest BCUT2D eigenvalue weighted by molar-refractivity contribution is 5.98. The molecule has 3 aromatic rings. The number of rotatable bonds is 6. The Morgan fingerprint density at radius 2 is 1.27 bits per heavy atom. The molecule has 0 unspecified atom stereocenters. The maximum absolute atomic E-state index is 13.0. The Bertz CT molecular complexity index is 835. The van der Waals surface area contributed by atoms with Gasteiger partial charge in [-0.15, -0.1) is 0 Å². The van der Waals surface area contributed by atoms with Gasteiger partial charge >= 0.3 is 0 Å². The zero-order valence-electron chi connectivity index (χ0n) is 14.1. The first-order chi connectivity index (χ1) is 12.6. The molecule has 1 amide bonds. The minimum Gasteiger partial charge on any atom is -0.550 e. The van der Waals surface area contributed by atoms with Crippen LogP contribution in [-0.4, -0.2) is 11.9 Å². The number of amides is 1. The van der Waals surface area contributed by atoms with Crippen LogP contribution in [0.5, 0.6) is 0 Å². The first-order valence-corrected chi connectivity index (χ1v) is 8.33. The molecule has 0 aromatic heterocycles. The van der Waals surface area contributed by atoms with Crippen LogP contribution in [0.1, 0.15) is 22.6 Å². The van der Waals surface area contributed by atoms with E-state index in [0.717, 1.165) is 11.1 Å². The van der Waals surface area contributed by atoms with Crippen LogP contribution in [0.25, 0.3) is 0 Å². The van der Waals surface area contributed by atoms with Crippen LogP contribution in [0.2, 0.25) is 0 Å². The van der Waals surface area contributed by atoms with Gasteiger partial charge < -0.3 is 15.2 Å². The normalized spacial score (nSPS) is 10.5. The van der Waals surface area contributed by atoms with Crippen molar-refractivity contribution in [3.8, 4) is 0 Å². The summed E-state index contributed by atoms with van der Waals surface area (Å²) in [5.74, 6) is -1.70. The van der Waals surface area contributed by atoms with Gasteiger partial charge in [-0.2, -0.15) is 0 Å². The molecule has 3 aromatic carbocycles. The van der Waals surface area contributed by atoms with Crippen molar-refractivity contribution in [3.63, 3.8) is 0 Å². The van der Waals surface area contributed by atoms with Crippen LogP contribution in [0.15, 0.2) is 84.9 Å². The molecule has 0 saturated heterocycles. The molecule has 0 aliphatic heterocycles. The van der Waals surface area contributed by atoms with Gasteiger partial charge in [0.15, 0.2) is 0 Å². The van der Waals surface area contributed by atoms with Gasteiger partial charge in [-0.05, 0) is 28.8 Å². The molecule has 0 heterocycles. The number of carboxylic acid groups (broad SMARTS) is 1. The van der Waals surface area contributed by atoms with Gasteiger partial charge in [-0.1, -0.05) is 72.8 Å². The predicted molar refractivity (Wildman–Crippen MR) is 98.5 cm³/mol. The van der Waals surface area contributed by atoms with Crippen LogP contribution < -0.4 is 10.4 Å². The largest absolute Gasteiger partial charge is 0.550 e. The summed E-state index contributed by atoms with van der Waals surface area (Å²) in [5.41, 5.74) is 3.06. The van der Waals surface area contributed by atoms with Crippen LogP contribution in [0.3, 0.4) is 0 Å². The van der Waals surface area contributed by atoms with Gasteiger partial charge in [0.2, 0.25) is 5.91 Å². The van der Waals surface area contributed by atoms with Crippen LogP contribution in [0.4, 0.5) is 5.69 Å². The molecular weight excluding hydrogens is 326 g/mol. The van der Waals surface area contributed by atoms with Gasteiger partial charge in [-0.25, -0.2) is 0 Å². The van der Waals surface area contributed by atoms with Crippen molar-refractivity contribution >= 4 is 17.6 Å². The van der Waals surface area contributed by atoms with E-state index in [2.05, 4.69) is 5.32 Å². The lowest BCUT2D eigenvalue weighted by atomic mass is 9.90. The highest BCUT2D eigenvalue weighted by atomic mass is 16.4. The molecule has 0 fully saturated rings. The quantitative estimate of drug-likeness (QED) is 0.747. The Labute approximate surface area is 152 Å². The molecule has 4 heteroatoms. The lowest BCUT2D eigenvalue weighted by Gasteiger charge is -2.18. The second kappa shape index (κ2) is 8.12. The van der Waals surface area contributed by atoms with E-state index in [1.807, 2.05) is 60.7 Å². The van der Waals surface area contributed by atoms with Crippen LogP contribution >= 0.6 is 0 Å². The third kappa shape index (κ3) is 4.36. The number of hydrogen-bond acceptors (Lipinski definition) is 3. The maximum Gasteiger partial charge on any atom is 0.236 e. The Balaban J connectivity index is 1.83. The van der Waals surface area contributed by atoms with Crippen molar-refractivity contribution in [1.29, 1.82) is 0 Å². The van der Waals surface area contributed by atoms with E-state index in [4.69, 9.17) is 0 Å². The summed E-state index contributed by atoms with van der Waals surface area (Å²) in [4.78, 5) is 23.6. The third-order valence-electron chi connectivity index (χ3n) is 4.10. The zero-order valence-corrected chi connectivity index (χ0v) is 14.1. The van der Waals surface area contributed by atoms with Crippen molar-refractivity contribution in [3.05, 3.63) is 102 Å². The molecule has 3 rings (SSSR count). The minimum atomic E-state index is -1.13. The fraction of sp³-hybridized carbons (Fsp3) is 0.0909. The lowest BCUT2D eigenvalue weighted by molar-refractivity contribution is -0.304. The van der Waals surface area contributed by atoms with Gasteiger partial charge in [0.05, 0.1) is 5.92 Å². The highest BCUT2D eigenvalue weighted by Gasteiger charge is 2.22. The first-order valence-electron chi connectivity index (χ1n) is 8.33. The molecule has 0 radical (unpaired) electrons. The average molecular weight is 344 g/mol. The zero-order chi connectivity index (χ0) is 18.4. The number of carbonyl (C=O) groups is 2. The number of nitrogens with one attached hydrogen (secondary N) is 1. The molecule has 26 heavy (non-hydrogen) atoms. The summed E-state index contributed by atoms with van der Waals surface area (Å²) in [6.07, 6.45) is -0.148. The Morgan fingerprint density at radius 1 is 0.769 bits per heavy atom. The Kier molecular flexibility index (Phi) is 5.44. The molecule has 130 valence electrons. The molecular formula is C22H18NO3-. The SMILES string of the molecule is O=C([O-])Cc1ccc(NC(=O)C(c2ccccc2)c2ccccc2)cc1. The molecule has 1 N–H and O–H groups in total. The molecule has 0 aliphatic carbocycles. The second-order valence-corrected chi connectivity index (χ2v) is 5.99. The van der Waals surface area contributed by atoms with Crippen molar-refractivity contribution in [1.82, 2.24) is 0 Å². The van der Waals surface area contributed by atoms with Crippen LogP contribution in [0, 0.1) is 0 Å². The summed E-state index contributed by atoms with van der Waals surface area (Å²) in [7, 11) is 0. The third-order valence-corrected chi connectivity index (χ3v) is 4.10. The second-order valence-electron chi connectivity index (χ2n) is 5.99. The number of carbonyl (C=O) groups excluding carboxylic acids is 2. The fourth-order valence-corrected chi connectivity index (χ4v) is 2.87. The van der Waals surface area contributed by atoms with Crippen molar-refractivity contribution in [2.24, 2.45) is 0 Å². The number of benzene rings is 3. The van der Waals surface area contributed by atoms with Gasteiger partial charge in [0.1, 0.15) is 0 Å². The summed E-state index contributed by atoms with van der Waals surface area (Å²) in [5, 5.41) is 13.6. The summed E-state index contributed by atoms with van der Waals surface area (Å²) in [6.45, 7) is 0. The monoisotopic (exact) mass is 344 g/mol. The first kappa shape index (κ1) is 17.4. The predicted octanol–water partition coefficient (Wildman–Crippen LogP) is 2.75. The fourth-order valence-electron chi connectivity index (χ4n) is 2.87. The standard InChI is InChI=1S/C22H19NO3/c24-20(25)15-16-11-13-19(14-12-16)23-22(26)21(17-7-3-1-4-8-17)18-9-5-2-6-10-18/h1-14,21H,15H2,(H,23,26)(H,24,25)/p-1. The van der Waals surface area contributed by atoms with E-state index in [-0.39, 0.29) is 12.3 Å². The van der Waals surface area contributed by atoms with E-state index in [0.29, 0.717) is 11.3 Å². The molecule has 0 atom stereocenters. The molecule has 0 saturated carbocycles.